The third kappa shape index (κ3) is 13.2. The van der Waals surface area contributed by atoms with Crippen molar-refractivity contribution in [2.75, 3.05) is 27.8 Å². The van der Waals surface area contributed by atoms with E-state index in [4.69, 9.17) is 42.6 Å². The number of amides is 1. The van der Waals surface area contributed by atoms with E-state index in [1.54, 1.807) is 55.4 Å². The summed E-state index contributed by atoms with van der Waals surface area (Å²) in [5, 5.41) is 46.7. The molecule has 3 aliphatic heterocycles. The molecule has 0 radical (unpaired) electrons. The van der Waals surface area contributed by atoms with Crippen molar-refractivity contribution in [3.05, 3.63) is 35.9 Å². The van der Waals surface area contributed by atoms with E-state index >= 15 is 0 Å². The van der Waals surface area contributed by atoms with Crippen LogP contribution in [0.3, 0.4) is 0 Å². The van der Waals surface area contributed by atoms with Crippen molar-refractivity contribution in [1.29, 1.82) is 5.26 Å². The maximum absolute atomic E-state index is 14.5. The molecule has 3 saturated heterocycles. The zero-order chi connectivity index (χ0) is 49.3. The van der Waals surface area contributed by atoms with E-state index in [0.29, 0.717) is 13.0 Å². The van der Waals surface area contributed by atoms with E-state index in [0.717, 1.165) is 5.56 Å². The normalized spacial score (nSPS) is 40.8. The summed E-state index contributed by atoms with van der Waals surface area (Å²) in [7, 11) is 4.77. The summed E-state index contributed by atoms with van der Waals surface area (Å²) in [5.74, 6) is -4.02. The molecule has 0 aliphatic carbocycles. The molecule has 1 amide bonds. The number of cyclic esters (lactones) is 1. The van der Waals surface area contributed by atoms with Crippen LogP contribution in [0, 0.1) is 29.1 Å². The summed E-state index contributed by atoms with van der Waals surface area (Å²) in [5.41, 5.74) is -3.77. The number of benzene rings is 1. The van der Waals surface area contributed by atoms with Gasteiger partial charge in [0.05, 0.1) is 59.7 Å². The number of esters is 1. The fourth-order valence-corrected chi connectivity index (χ4v) is 9.71. The molecule has 1 aromatic rings. The number of likely N-dealkylation sites (N-methyl/N-ethyl adjacent to an activating group) is 1. The molecule has 0 aromatic heterocycles. The molecule has 4 rings (SSSR count). The third-order valence-corrected chi connectivity index (χ3v) is 14.0. The molecule has 1 unspecified atom stereocenters. The molecule has 1 aromatic carbocycles. The Hall–Kier alpha value is -3.48. The van der Waals surface area contributed by atoms with Crippen molar-refractivity contribution in [3.8, 4) is 6.07 Å². The first-order valence-corrected chi connectivity index (χ1v) is 23.2. The number of carbonyl (C=O) groups is 3. The average molecular weight is 936 g/mol. The minimum atomic E-state index is -2.00. The van der Waals surface area contributed by atoms with Crippen LogP contribution >= 0.6 is 0 Å². The van der Waals surface area contributed by atoms with Gasteiger partial charge in [0.15, 0.2) is 18.7 Å². The van der Waals surface area contributed by atoms with Gasteiger partial charge in [-0.05, 0) is 80.3 Å². The van der Waals surface area contributed by atoms with Gasteiger partial charge in [0.1, 0.15) is 30.5 Å². The van der Waals surface area contributed by atoms with E-state index in [-0.39, 0.29) is 32.3 Å². The number of ether oxygens (including phenoxy) is 9. The second-order valence-electron chi connectivity index (χ2n) is 19.3. The van der Waals surface area contributed by atoms with Crippen LogP contribution in [0.4, 0.5) is 4.79 Å². The van der Waals surface area contributed by atoms with Crippen LogP contribution in [0.5, 0.6) is 0 Å². The van der Waals surface area contributed by atoms with Crippen molar-refractivity contribution in [1.82, 2.24) is 10.2 Å². The van der Waals surface area contributed by atoms with Crippen LogP contribution in [-0.4, -0.2) is 156 Å². The molecule has 374 valence electrons. The largest absolute Gasteiger partial charge is 0.509 e. The molecule has 66 heavy (non-hydrogen) atoms. The first-order chi connectivity index (χ1) is 31.0. The molecule has 0 bridgehead atoms. The van der Waals surface area contributed by atoms with Crippen molar-refractivity contribution in [3.63, 3.8) is 0 Å². The molecular weight excluding hydrogens is 859 g/mol. The van der Waals surface area contributed by atoms with Crippen LogP contribution in [0.1, 0.15) is 107 Å². The maximum Gasteiger partial charge on any atom is 0.509 e. The second kappa shape index (κ2) is 23.7. The highest BCUT2D eigenvalue weighted by Gasteiger charge is 2.54. The summed E-state index contributed by atoms with van der Waals surface area (Å²) in [6.45, 7) is 17.0. The zero-order valence-electron chi connectivity index (χ0n) is 41.1. The number of aliphatic hydroxyl groups is 3. The van der Waals surface area contributed by atoms with Crippen LogP contribution < -0.4 is 5.32 Å². The monoisotopic (exact) mass is 936 g/mol. The number of carbonyl (C=O) groups excluding carboxylic acids is 3. The topological polar surface area (TPSA) is 234 Å². The average Bonchev–Trinajstić information content (AvgIpc) is 3.28. The molecule has 3 heterocycles. The summed E-state index contributed by atoms with van der Waals surface area (Å²) >= 11 is 0. The van der Waals surface area contributed by atoms with E-state index < -0.39 is 126 Å². The lowest BCUT2D eigenvalue weighted by Crippen LogP contribution is -2.62. The standard InChI is InChI=1S/C48H77N3O15/c1-14-35-48(10,57)39(52)31(6)50-42(54)27(2)24-47(9,59-13)41(29(4)37(30(5)43(55)63-35)64-36-25-46(8,58-12)40(53)32(7)62-36)66-44-38(34(23-28(3)61-44)51(11)22-18-21-49)65-45(56)60-26-33-19-16-15-17-20-33/h15-17,19-20,27-32,34-41,44,52-53,57H,14,18,22-26H2,1-13H3,(H,50,54)/t27-,28-,29?,30-,31-,32+,34+,35-,36+,37+,38-,39-,40+,41-,44+,46-,47-,48-/m1/s1. The van der Waals surface area contributed by atoms with Crippen LogP contribution in [0.15, 0.2) is 30.3 Å². The number of nitrogens with one attached hydrogen (secondary N) is 1. The smallest absolute Gasteiger partial charge is 0.459 e. The minimum Gasteiger partial charge on any atom is -0.459 e. The van der Waals surface area contributed by atoms with Crippen LogP contribution in [0.25, 0.3) is 0 Å². The number of aliphatic hydroxyl groups excluding tert-OH is 2. The number of rotatable bonds is 13. The molecule has 4 N–H and O–H groups in total. The number of hydrogen-bond acceptors (Lipinski definition) is 17. The fraction of sp³-hybridized carbons (Fsp3) is 0.792. The predicted molar refractivity (Wildman–Crippen MR) is 239 cm³/mol. The summed E-state index contributed by atoms with van der Waals surface area (Å²) in [6, 6.07) is 9.78. The van der Waals surface area contributed by atoms with Gasteiger partial charge >= 0.3 is 12.1 Å². The van der Waals surface area contributed by atoms with Crippen molar-refractivity contribution in [2.24, 2.45) is 17.8 Å². The first-order valence-electron chi connectivity index (χ1n) is 23.2. The molecule has 0 saturated carbocycles. The van der Waals surface area contributed by atoms with Gasteiger partial charge in [-0.2, -0.15) is 5.26 Å². The van der Waals surface area contributed by atoms with Gasteiger partial charge < -0.3 is 63.3 Å². The van der Waals surface area contributed by atoms with E-state index in [9.17, 15) is 35.0 Å². The zero-order valence-corrected chi connectivity index (χ0v) is 41.1. The second-order valence-corrected chi connectivity index (χ2v) is 19.3. The SMILES string of the molecule is CC[C@H]1OC(=O)[C@H](C)[C@@H](O[C@H]2C[C@@](C)(OC)[C@@H](O)[C@H](C)O2)C(C)[C@@H](O[C@@H]2O[C@H](C)C[C@H](N(C)CCC#N)[C@H]2OC(=O)OCc2ccccc2)[C@](C)(OC)C[C@@H](C)C(=O)N[C@H](C)[C@@H](O)[C@]1(C)O. The van der Waals surface area contributed by atoms with Crippen molar-refractivity contribution in [2.45, 2.75) is 198 Å². The van der Waals surface area contributed by atoms with Crippen molar-refractivity contribution < 1.29 is 72.3 Å². The Morgan fingerprint density at radius 1 is 0.939 bits per heavy atom. The Morgan fingerprint density at radius 2 is 1.59 bits per heavy atom. The Labute approximate surface area is 390 Å². The summed E-state index contributed by atoms with van der Waals surface area (Å²) in [4.78, 5) is 44.1. The van der Waals surface area contributed by atoms with Gasteiger partial charge in [-0.1, -0.05) is 51.1 Å². The molecule has 0 spiro atoms. The number of nitrogens with zero attached hydrogens (tertiary/aromatic N) is 2. The predicted octanol–water partition coefficient (Wildman–Crippen LogP) is 4.38. The van der Waals surface area contributed by atoms with Gasteiger partial charge in [-0.3, -0.25) is 14.5 Å². The lowest BCUT2D eigenvalue weighted by atomic mass is 9.77. The Kier molecular flexibility index (Phi) is 19.8. The van der Waals surface area contributed by atoms with Crippen molar-refractivity contribution >= 4 is 18.0 Å². The van der Waals surface area contributed by atoms with E-state index in [2.05, 4.69) is 11.4 Å². The number of nitriles is 1. The van der Waals surface area contributed by atoms with Gasteiger partial charge in [0, 0.05) is 45.4 Å². The minimum absolute atomic E-state index is 0.00992. The molecule has 18 atom stereocenters. The highest BCUT2D eigenvalue weighted by atomic mass is 16.8. The lowest BCUT2D eigenvalue weighted by molar-refractivity contribution is -0.319. The van der Waals surface area contributed by atoms with Gasteiger partial charge in [0.2, 0.25) is 5.91 Å². The Bertz CT molecular complexity index is 1770. The first kappa shape index (κ1) is 55.1. The lowest BCUT2D eigenvalue weighted by Gasteiger charge is -2.50. The molecular formula is C48H77N3O15. The Morgan fingerprint density at radius 3 is 2.20 bits per heavy atom. The van der Waals surface area contributed by atoms with Crippen LogP contribution in [0.2, 0.25) is 0 Å². The summed E-state index contributed by atoms with van der Waals surface area (Å²) in [6.07, 6.45) is -11.0. The maximum atomic E-state index is 14.5. The Balaban J connectivity index is 1.89. The quantitative estimate of drug-likeness (QED) is 0.201. The number of hydrogen-bond donors (Lipinski definition) is 4. The van der Waals surface area contributed by atoms with E-state index in [1.165, 1.54) is 21.1 Å². The molecule has 3 aliphatic rings. The van der Waals surface area contributed by atoms with Gasteiger partial charge in [0.25, 0.3) is 0 Å². The van der Waals surface area contributed by atoms with E-state index in [1.807, 2.05) is 49.2 Å². The highest BCUT2D eigenvalue weighted by Crippen LogP contribution is 2.41. The van der Waals surface area contributed by atoms with Gasteiger partial charge in [-0.25, -0.2) is 4.79 Å². The number of methoxy groups -OCH3 is 2. The fourth-order valence-electron chi connectivity index (χ4n) is 9.71. The van der Waals surface area contributed by atoms with Crippen LogP contribution in [-0.2, 0) is 58.8 Å². The molecule has 18 nitrogen and oxygen atoms in total. The highest BCUT2D eigenvalue weighted by molar-refractivity contribution is 5.78. The third-order valence-electron chi connectivity index (χ3n) is 14.0. The summed E-state index contributed by atoms with van der Waals surface area (Å²) < 4.78 is 56.8. The molecule has 3 fully saturated rings. The van der Waals surface area contributed by atoms with Gasteiger partial charge in [-0.15, -0.1) is 0 Å². The molecule has 18 heteroatoms.